The summed E-state index contributed by atoms with van der Waals surface area (Å²) in [7, 11) is -4.25. The van der Waals surface area contributed by atoms with E-state index in [2.05, 4.69) is 0 Å². The Morgan fingerprint density at radius 2 is 1.76 bits per heavy atom. The van der Waals surface area contributed by atoms with Crippen LogP contribution >= 0.6 is 11.6 Å². The molecule has 0 amide bonds. The minimum Gasteiger partial charge on any atom is -0.478 e. The molecule has 1 aliphatic rings. The summed E-state index contributed by atoms with van der Waals surface area (Å²) < 4.78 is 44.0. The molecular weight excluding hydrogens is 465 g/mol. The number of halogens is 2. The van der Waals surface area contributed by atoms with Crippen LogP contribution in [0.1, 0.15) is 35.2 Å². The van der Waals surface area contributed by atoms with Crippen LogP contribution in [0.5, 0.6) is 0 Å². The Morgan fingerprint density at radius 1 is 1.06 bits per heavy atom. The van der Waals surface area contributed by atoms with Crippen LogP contribution in [0.4, 0.5) is 4.39 Å². The van der Waals surface area contributed by atoms with Crippen LogP contribution in [0.25, 0.3) is 0 Å². The van der Waals surface area contributed by atoms with E-state index in [0.29, 0.717) is 10.6 Å². The number of benzene rings is 3. The summed E-state index contributed by atoms with van der Waals surface area (Å²) in [6.07, 6.45) is 1.56. The minimum atomic E-state index is -4.25. The van der Waals surface area contributed by atoms with E-state index >= 15 is 0 Å². The maximum atomic E-state index is 15.0. The van der Waals surface area contributed by atoms with Crippen molar-refractivity contribution in [3.63, 3.8) is 0 Å². The standard InChI is InChI=1S/C25H21ClFNO4S/c1-16-9-11-19(12-10-16)33(31,32)28-23(17-5-4-6-18(26)15-17)14-13-21(25(29)30)24(28)20-7-2-3-8-22(20)27/h2-13,15,23-24H,14H2,1H3,(H,29,30)/t23-,24-/m0/s1. The second-order valence-electron chi connectivity index (χ2n) is 7.84. The van der Waals surface area contributed by atoms with Crippen molar-refractivity contribution in [2.24, 2.45) is 0 Å². The van der Waals surface area contributed by atoms with Crippen LogP contribution in [0.3, 0.4) is 0 Å². The third-order valence-corrected chi connectivity index (χ3v) is 7.82. The third kappa shape index (κ3) is 4.44. The van der Waals surface area contributed by atoms with Crippen LogP contribution in [0, 0.1) is 12.7 Å². The SMILES string of the molecule is Cc1ccc(S(=O)(=O)N2[C@@H](c3ccccc3F)C(C(=O)O)=CC[C@H]2c2cccc(Cl)c2)cc1. The van der Waals surface area contributed by atoms with E-state index in [4.69, 9.17) is 11.6 Å². The lowest BCUT2D eigenvalue weighted by atomic mass is 9.89. The molecule has 8 heteroatoms. The van der Waals surface area contributed by atoms with Crippen molar-refractivity contribution in [3.05, 3.63) is 112 Å². The largest absolute Gasteiger partial charge is 0.478 e. The van der Waals surface area contributed by atoms with Crippen LogP contribution < -0.4 is 0 Å². The van der Waals surface area contributed by atoms with Gasteiger partial charge in [-0.05, 0) is 49.2 Å². The zero-order valence-corrected chi connectivity index (χ0v) is 19.2. The molecule has 0 spiro atoms. The molecule has 5 nitrogen and oxygen atoms in total. The number of carboxylic acid groups (broad SMARTS) is 1. The average Bonchev–Trinajstić information content (AvgIpc) is 2.78. The van der Waals surface area contributed by atoms with E-state index in [9.17, 15) is 22.7 Å². The number of nitrogens with zero attached hydrogens (tertiary/aromatic N) is 1. The number of carbonyl (C=O) groups is 1. The minimum absolute atomic E-state index is 0.00638. The van der Waals surface area contributed by atoms with E-state index in [1.54, 1.807) is 42.5 Å². The maximum absolute atomic E-state index is 15.0. The average molecular weight is 486 g/mol. The first-order chi connectivity index (χ1) is 15.7. The zero-order valence-electron chi connectivity index (χ0n) is 17.7. The number of hydrogen-bond donors (Lipinski definition) is 1. The molecule has 0 aromatic heterocycles. The van der Waals surface area contributed by atoms with Crippen LogP contribution in [0.2, 0.25) is 5.02 Å². The lowest BCUT2D eigenvalue weighted by molar-refractivity contribution is -0.133. The molecule has 33 heavy (non-hydrogen) atoms. The molecule has 1 heterocycles. The zero-order chi connectivity index (χ0) is 23.8. The lowest BCUT2D eigenvalue weighted by Gasteiger charge is -2.40. The maximum Gasteiger partial charge on any atom is 0.333 e. The molecule has 4 rings (SSSR count). The summed E-state index contributed by atoms with van der Waals surface area (Å²) in [6, 6.07) is 16.5. The molecule has 0 bridgehead atoms. The number of aryl methyl sites for hydroxylation is 1. The molecule has 0 aliphatic carbocycles. The predicted octanol–water partition coefficient (Wildman–Crippen LogP) is 5.68. The number of sulfonamides is 1. The summed E-state index contributed by atoms with van der Waals surface area (Å²) >= 11 is 6.18. The van der Waals surface area contributed by atoms with Gasteiger partial charge in [-0.25, -0.2) is 17.6 Å². The van der Waals surface area contributed by atoms with Gasteiger partial charge >= 0.3 is 5.97 Å². The highest BCUT2D eigenvalue weighted by Crippen LogP contribution is 2.46. The molecule has 3 aromatic rings. The van der Waals surface area contributed by atoms with E-state index in [1.165, 1.54) is 36.4 Å². The molecule has 0 unspecified atom stereocenters. The summed E-state index contributed by atoms with van der Waals surface area (Å²) in [5.74, 6) is -2.00. The van der Waals surface area contributed by atoms with Gasteiger partial charge < -0.3 is 5.11 Å². The fraction of sp³-hybridized carbons (Fsp3) is 0.160. The monoisotopic (exact) mass is 485 g/mol. The van der Waals surface area contributed by atoms with E-state index in [0.717, 1.165) is 9.87 Å². The number of rotatable bonds is 5. The molecule has 2 atom stereocenters. The van der Waals surface area contributed by atoms with Gasteiger partial charge in [0.25, 0.3) is 0 Å². The molecule has 0 saturated heterocycles. The Labute approximate surface area is 196 Å². The van der Waals surface area contributed by atoms with Crippen molar-refractivity contribution < 1.29 is 22.7 Å². The molecule has 0 saturated carbocycles. The van der Waals surface area contributed by atoms with E-state index < -0.39 is 33.9 Å². The van der Waals surface area contributed by atoms with Gasteiger partial charge in [-0.3, -0.25) is 0 Å². The summed E-state index contributed by atoms with van der Waals surface area (Å²) in [5, 5.41) is 10.3. The predicted molar refractivity (Wildman–Crippen MR) is 124 cm³/mol. The summed E-state index contributed by atoms with van der Waals surface area (Å²) in [4.78, 5) is 12.2. The first kappa shape index (κ1) is 23.2. The van der Waals surface area contributed by atoms with Crippen molar-refractivity contribution in [3.8, 4) is 0 Å². The Kier molecular flexibility index (Phi) is 6.38. The fourth-order valence-electron chi connectivity index (χ4n) is 4.11. The molecule has 3 aromatic carbocycles. The van der Waals surface area contributed by atoms with E-state index in [-0.39, 0.29) is 22.5 Å². The summed E-state index contributed by atoms with van der Waals surface area (Å²) in [6.45, 7) is 1.83. The van der Waals surface area contributed by atoms with Gasteiger partial charge in [0.15, 0.2) is 0 Å². The quantitative estimate of drug-likeness (QED) is 0.505. The first-order valence-corrected chi connectivity index (χ1v) is 12.1. The van der Waals surface area contributed by atoms with Gasteiger partial charge in [0.1, 0.15) is 5.82 Å². The Hall–Kier alpha value is -3.00. The topological polar surface area (TPSA) is 74.7 Å². The van der Waals surface area contributed by atoms with Crippen molar-refractivity contribution in [2.75, 3.05) is 0 Å². The molecular formula is C25H21ClFNO4S. The van der Waals surface area contributed by atoms with Crippen molar-refractivity contribution in [2.45, 2.75) is 30.3 Å². The lowest BCUT2D eigenvalue weighted by Crippen LogP contribution is -2.42. The highest BCUT2D eigenvalue weighted by molar-refractivity contribution is 7.89. The van der Waals surface area contributed by atoms with Crippen LogP contribution in [-0.2, 0) is 14.8 Å². The van der Waals surface area contributed by atoms with Gasteiger partial charge in [0.2, 0.25) is 10.0 Å². The van der Waals surface area contributed by atoms with Gasteiger partial charge in [0.05, 0.1) is 22.6 Å². The van der Waals surface area contributed by atoms with Crippen molar-refractivity contribution in [1.82, 2.24) is 4.31 Å². The number of hydrogen-bond acceptors (Lipinski definition) is 3. The molecule has 0 fully saturated rings. The fourth-order valence-corrected chi connectivity index (χ4v) is 6.08. The Bertz CT molecular complexity index is 1340. The highest BCUT2D eigenvalue weighted by Gasteiger charge is 2.45. The molecule has 1 N–H and O–H groups in total. The molecule has 0 radical (unpaired) electrons. The van der Waals surface area contributed by atoms with Gasteiger partial charge in [-0.1, -0.05) is 65.7 Å². The smallest absolute Gasteiger partial charge is 0.333 e. The number of aliphatic carboxylic acids is 1. The Balaban J connectivity index is 2.00. The van der Waals surface area contributed by atoms with Gasteiger partial charge in [0, 0.05) is 10.6 Å². The van der Waals surface area contributed by atoms with Gasteiger partial charge in [-0.2, -0.15) is 4.31 Å². The van der Waals surface area contributed by atoms with Crippen LogP contribution in [0.15, 0.2) is 89.3 Å². The van der Waals surface area contributed by atoms with E-state index in [1.807, 2.05) is 6.92 Å². The number of carboxylic acids is 1. The molecule has 1 aliphatic heterocycles. The highest BCUT2D eigenvalue weighted by atomic mass is 35.5. The Morgan fingerprint density at radius 3 is 2.39 bits per heavy atom. The second kappa shape index (κ2) is 9.09. The van der Waals surface area contributed by atoms with Crippen molar-refractivity contribution in [1.29, 1.82) is 0 Å². The summed E-state index contributed by atoms with van der Waals surface area (Å²) in [5.41, 5.74) is 1.22. The van der Waals surface area contributed by atoms with Crippen molar-refractivity contribution >= 4 is 27.6 Å². The normalized spacial score (nSPS) is 19.2. The second-order valence-corrected chi connectivity index (χ2v) is 10.1. The third-order valence-electron chi connectivity index (χ3n) is 5.69. The molecule has 170 valence electrons. The van der Waals surface area contributed by atoms with Gasteiger partial charge in [-0.15, -0.1) is 0 Å². The first-order valence-electron chi connectivity index (χ1n) is 10.2. The van der Waals surface area contributed by atoms with Crippen LogP contribution in [-0.4, -0.2) is 23.8 Å².